The molecule has 3 aliphatic rings. The third-order valence-corrected chi connectivity index (χ3v) is 5.56. The van der Waals surface area contributed by atoms with Gasteiger partial charge in [0.2, 0.25) is 0 Å². The summed E-state index contributed by atoms with van der Waals surface area (Å²) in [6.07, 6.45) is 10.1. The summed E-state index contributed by atoms with van der Waals surface area (Å²) in [5.74, 6) is 10.7. The van der Waals surface area contributed by atoms with Crippen LogP contribution in [-0.2, 0) is 0 Å². The summed E-state index contributed by atoms with van der Waals surface area (Å²) < 4.78 is 0. The first kappa shape index (κ1) is 11.0. The van der Waals surface area contributed by atoms with Crippen molar-refractivity contribution in [2.24, 2.45) is 35.4 Å². The molecule has 92 valence electrons. The monoisotopic (exact) mass is 222 g/mol. The number of fused-ring (bicyclic) bond motifs is 1. The summed E-state index contributed by atoms with van der Waals surface area (Å²) >= 11 is 0. The summed E-state index contributed by atoms with van der Waals surface area (Å²) in [6, 6.07) is 0.637. The number of hydrogen-bond acceptors (Lipinski definition) is 2. The molecule has 3 N–H and O–H groups in total. The van der Waals surface area contributed by atoms with Crippen LogP contribution in [0.4, 0.5) is 0 Å². The topological polar surface area (TPSA) is 38.0 Å². The third-order valence-electron chi connectivity index (χ3n) is 5.56. The molecule has 0 saturated heterocycles. The molecule has 3 aliphatic carbocycles. The maximum atomic E-state index is 5.84. The first-order valence-electron chi connectivity index (χ1n) is 7.27. The van der Waals surface area contributed by atoms with Crippen LogP contribution in [0.1, 0.15) is 51.9 Å². The van der Waals surface area contributed by atoms with E-state index in [1.807, 2.05) is 0 Å². The van der Waals surface area contributed by atoms with E-state index in [9.17, 15) is 0 Å². The van der Waals surface area contributed by atoms with Crippen molar-refractivity contribution in [2.75, 3.05) is 0 Å². The zero-order chi connectivity index (χ0) is 11.1. The number of hydrogen-bond donors (Lipinski definition) is 2. The number of hydrazine groups is 1. The fraction of sp³-hybridized carbons (Fsp3) is 1.00. The van der Waals surface area contributed by atoms with E-state index in [1.165, 1.54) is 44.9 Å². The number of rotatable bonds is 3. The van der Waals surface area contributed by atoms with Crippen molar-refractivity contribution in [3.8, 4) is 0 Å². The Hall–Kier alpha value is -0.0800. The zero-order valence-electron chi connectivity index (χ0n) is 10.5. The second-order valence-corrected chi connectivity index (χ2v) is 6.56. The van der Waals surface area contributed by atoms with E-state index >= 15 is 0 Å². The van der Waals surface area contributed by atoms with Crippen LogP contribution in [-0.4, -0.2) is 6.04 Å². The molecule has 2 nitrogen and oxygen atoms in total. The molecule has 2 heteroatoms. The molecule has 0 heterocycles. The normalized spacial score (nSPS) is 48.8. The van der Waals surface area contributed by atoms with Gasteiger partial charge in [0.25, 0.3) is 0 Å². The van der Waals surface area contributed by atoms with Crippen LogP contribution < -0.4 is 11.3 Å². The number of nitrogens with one attached hydrogen (secondary N) is 1. The van der Waals surface area contributed by atoms with Gasteiger partial charge in [-0.1, -0.05) is 26.2 Å². The Morgan fingerprint density at radius 2 is 1.75 bits per heavy atom. The van der Waals surface area contributed by atoms with Gasteiger partial charge < -0.3 is 0 Å². The molecule has 16 heavy (non-hydrogen) atoms. The lowest BCUT2D eigenvalue weighted by Gasteiger charge is -2.34. The standard InChI is InChI=1S/C14H26N2/c1-9-4-2-5-10(8-9)14(16-15)13-11-6-3-7-12(11)13/h9-14,16H,2-8,15H2,1H3. The second-order valence-electron chi connectivity index (χ2n) is 6.56. The highest BCUT2D eigenvalue weighted by Crippen LogP contribution is 2.60. The summed E-state index contributed by atoms with van der Waals surface area (Å²) in [7, 11) is 0. The van der Waals surface area contributed by atoms with Crippen molar-refractivity contribution >= 4 is 0 Å². The molecule has 0 spiro atoms. The average Bonchev–Trinajstić information content (AvgIpc) is 2.74. The van der Waals surface area contributed by atoms with Gasteiger partial charge in [0, 0.05) is 6.04 Å². The van der Waals surface area contributed by atoms with Crippen molar-refractivity contribution < 1.29 is 0 Å². The summed E-state index contributed by atoms with van der Waals surface area (Å²) in [4.78, 5) is 0. The molecule has 5 unspecified atom stereocenters. The van der Waals surface area contributed by atoms with Gasteiger partial charge in [-0.3, -0.25) is 11.3 Å². The first-order chi connectivity index (χ1) is 7.81. The molecule has 3 fully saturated rings. The van der Waals surface area contributed by atoms with E-state index in [-0.39, 0.29) is 0 Å². The van der Waals surface area contributed by atoms with Gasteiger partial charge >= 0.3 is 0 Å². The van der Waals surface area contributed by atoms with E-state index in [0.29, 0.717) is 6.04 Å². The highest BCUT2D eigenvalue weighted by molar-refractivity contribution is 5.07. The van der Waals surface area contributed by atoms with E-state index in [2.05, 4.69) is 12.3 Å². The van der Waals surface area contributed by atoms with Crippen LogP contribution in [0.2, 0.25) is 0 Å². The minimum atomic E-state index is 0.637. The summed E-state index contributed by atoms with van der Waals surface area (Å²) in [5.41, 5.74) is 3.18. The predicted molar refractivity (Wildman–Crippen MR) is 66.6 cm³/mol. The molecular formula is C14H26N2. The lowest BCUT2D eigenvalue weighted by molar-refractivity contribution is 0.196. The Bertz CT molecular complexity index is 243. The Labute approximate surface area is 99.3 Å². The van der Waals surface area contributed by atoms with Crippen molar-refractivity contribution in [1.82, 2.24) is 5.43 Å². The van der Waals surface area contributed by atoms with Gasteiger partial charge in [0.15, 0.2) is 0 Å². The largest absolute Gasteiger partial charge is 0.271 e. The predicted octanol–water partition coefficient (Wildman–Crippen LogP) is 2.69. The van der Waals surface area contributed by atoms with Gasteiger partial charge in [-0.25, -0.2) is 0 Å². The molecule has 0 aromatic rings. The Morgan fingerprint density at radius 3 is 2.38 bits per heavy atom. The maximum Gasteiger partial charge on any atom is 0.0272 e. The van der Waals surface area contributed by atoms with Crippen LogP contribution in [0.3, 0.4) is 0 Å². The highest BCUT2D eigenvalue weighted by atomic mass is 15.2. The maximum absolute atomic E-state index is 5.84. The molecule has 3 saturated carbocycles. The van der Waals surface area contributed by atoms with E-state index in [4.69, 9.17) is 5.84 Å². The minimum Gasteiger partial charge on any atom is -0.271 e. The van der Waals surface area contributed by atoms with Crippen molar-refractivity contribution in [2.45, 2.75) is 57.9 Å². The van der Waals surface area contributed by atoms with Gasteiger partial charge in [-0.2, -0.15) is 0 Å². The fourth-order valence-electron chi connectivity index (χ4n) is 4.78. The van der Waals surface area contributed by atoms with Gasteiger partial charge in [-0.15, -0.1) is 0 Å². The Morgan fingerprint density at radius 1 is 1.06 bits per heavy atom. The second kappa shape index (κ2) is 4.30. The molecule has 5 atom stereocenters. The van der Waals surface area contributed by atoms with E-state index in [0.717, 1.165) is 29.6 Å². The van der Waals surface area contributed by atoms with Crippen LogP contribution in [0.25, 0.3) is 0 Å². The smallest absolute Gasteiger partial charge is 0.0272 e. The molecule has 0 aromatic carbocycles. The van der Waals surface area contributed by atoms with Crippen molar-refractivity contribution in [1.29, 1.82) is 0 Å². The van der Waals surface area contributed by atoms with E-state index < -0.39 is 0 Å². The lowest BCUT2D eigenvalue weighted by Crippen LogP contribution is -2.45. The Balaban J connectivity index is 1.62. The first-order valence-corrected chi connectivity index (χ1v) is 7.27. The average molecular weight is 222 g/mol. The summed E-state index contributed by atoms with van der Waals surface area (Å²) in [5, 5.41) is 0. The lowest BCUT2D eigenvalue weighted by atomic mass is 9.76. The molecule has 3 rings (SSSR count). The number of nitrogens with two attached hydrogens (primary N) is 1. The van der Waals surface area contributed by atoms with Crippen molar-refractivity contribution in [3.05, 3.63) is 0 Å². The van der Waals surface area contributed by atoms with Crippen LogP contribution in [0, 0.1) is 29.6 Å². The van der Waals surface area contributed by atoms with E-state index in [1.54, 1.807) is 0 Å². The van der Waals surface area contributed by atoms with Crippen LogP contribution in [0.15, 0.2) is 0 Å². The van der Waals surface area contributed by atoms with Crippen LogP contribution >= 0.6 is 0 Å². The molecule has 0 bridgehead atoms. The van der Waals surface area contributed by atoms with Gasteiger partial charge in [-0.05, 0) is 55.3 Å². The molecular weight excluding hydrogens is 196 g/mol. The highest BCUT2D eigenvalue weighted by Gasteiger charge is 2.57. The molecule has 0 aromatic heterocycles. The van der Waals surface area contributed by atoms with Gasteiger partial charge in [0.05, 0.1) is 0 Å². The fourth-order valence-corrected chi connectivity index (χ4v) is 4.78. The SMILES string of the molecule is CC1CCCC(C(NN)C2C3CCCC32)C1. The van der Waals surface area contributed by atoms with Crippen molar-refractivity contribution in [3.63, 3.8) is 0 Å². The minimum absolute atomic E-state index is 0.637. The zero-order valence-corrected chi connectivity index (χ0v) is 10.5. The molecule has 0 amide bonds. The summed E-state index contributed by atoms with van der Waals surface area (Å²) in [6.45, 7) is 2.41. The molecule has 0 radical (unpaired) electrons. The quantitative estimate of drug-likeness (QED) is 0.569. The van der Waals surface area contributed by atoms with Crippen LogP contribution in [0.5, 0.6) is 0 Å². The van der Waals surface area contributed by atoms with Gasteiger partial charge in [0.1, 0.15) is 0 Å². The molecule has 0 aliphatic heterocycles. The third kappa shape index (κ3) is 1.80. The Kier molecular flexibility index (Phi) is 2.97.